The Balaban J connectivity index is 1.57. The molecule has 2 aromatic heterocycles. The molecular weight excluding hydrogens is 350 g/mol. The third kappa shape index (κ3) is 5.11. The van der Waals surface area contributed by atoms with E-state index in [2.05, 4.69) is 25.8 Å². The summed E-state index contributed by atoms with van der Waals surface area (Å²) in [7, 11) is 0. The number of anilines is 1. The van der Waals surface area contributed by atoms with Crippen LogP contribution in [0.15, 0.2) is 53.3 Å². The van der Waals surface area contributed by atoms with Gasteiger partial charge >= 0.3 is 11.8 Å². The van der Waals surface area contributed by atoms with E-state index in [9.17, 15) is 9.59 Å². The average molecular weight is 367 g/mol. The number of amides is 2. The molecule has 0 fully saturated rings. The predicted molar refractivity (Wildman–Crippen MR) is 94.8 cm³/mol. The van der Waals surface area contributed by atoms with E-state index in [0.29, 0.717) is 18.0 Å². The van der Waals surface area contributed by atoms with Gasteiger partial charge in [0.05, 0.1) is 5.69 Å². The van der Waals surface area contributed by atoms with Gasteiger partial charge in [-0.1, -0.05) is 17.3 Å². The number of nitrogens with one attached hydrogen (secondary N) is 2. The Morgan fingerprint density at radius 3 is 2.70 bits per heavy atom. The van der Waals surface area contributed by atoms with Crippen molar-refractivity contribution in [3.05, 3.63) is 66.1 Å². The molecule has 2 amide bonds. The summed E-state index contributed by atoms with van der Waals surface area (Å²) in [6.07, 6.45) is 3.28. The van der Waals surface area contributed by atoms with E-state index in [0.717, 1.165) is 5.56 Å². The minimum absolute atomic E-state index is 0.0161. The van der Waals surface area contributed by atoms with Gasteiger partial charge in [-0.15, -0.1) is 0 Å². The van der Waals surface area contributed by atoms with Gasteiger partial charge in [0.25, 0.3) is 0 Å². The summed E-state index contributed by atoms with van der Waals surface area (Å²) in [6, 6.07) is 10.5. The molecule has 1 aromatic carbocycles. The molecular formula is C18H17N5O4. The zero-order valence-electron chi connectivity index (χ0n) is 14.5. The highest BCUT2D eigenvalue weighted by atomic mass is 16.5. The maximum Gasteiger partial charge on any atom is 0.316 e. The number of hydrogen-bond donors (Lipinski definition) is 2. The Bertz CT molecular complexity index is 926. The van der Waals surface area contributed by atoms with Gasteiger partial charge in [0, 0.05) is 25.9 Å². The lowest BCUT2D eigenvalue weighted by Crippen LogP contribution is -2.23. The Kier molecular flexibility index (Phi) is 5.73. The molecule has 0 aliphatic rings. The number of carbonyl (C=O) groups excluding carboxylic acids is 2. The third-order valence-electron chi connectivity index (χ3n) is 3.42. The SMILES string of the molecule is CC(=O)Nc1ccccc1OCc1noc(C(=O)NCc2ccncc2)n1. The van der Waals surface area contributed by atoms with Gasteiger partial charge < -0.3 is 19.9 Å². The minimum Gasteiger partial charge on any atom is -0.483 e. The van der Waals surface area contributed by atoms with Crippen molar-refractivity contribution in [2.75, 3.05) is 5.32 Å². The smallest absolute Gasteiger partial charge is 0.316 e. The number of ether oxygens (including phenoxy) is 1. The molecule has 2 heterocycles. The van der Waals surface area contributed by atoms with Crippen molar-refractivity contribution in [2.45, 2.75) is 20.1 Å². The highest BCUT2D eigenvalue weighted by Gasteiger charge is 2.15. The van der Waals surface area contributed by atoms with Crippen molar-refractivity contribution < 1.29 is 18.8 Å². The number of benzene rings is 1. The maximum atomic E-state index is 12.1. The number of rotatable bonds is 7. The molecule has 0 atom stereocenters. The fourth-order valence-electron chi connectivity index (χ4n) is 2.19. The van der Waals surface area contributed by atoms with Gasteiger partial charge in [-0.3, -0.25) is 14.6 Å². The topological polar surface area (TPSA) is 119 Å². The highest BCUT2D eigenvalue weighted by Crippen LogP contribution is 2.24. The van der Waals surface area contributed by atoms with Gasteiger partial charge in [-0.05, 0) is 29.8 Å². The monoisotopic (exact) mass is 367 g/mol. The molecule has 0 aliphatic carbocycles. The van der Waals surface area contributed by atoms with E-state index in [1.54, 1.807) is 48.8 Å². The Labute approximate surface area is 154 Å². The van der Waals surface area contributed by atoms with Gasteiger partial charge in [0.15, 0.2) is 6.61 Å². The third-order valence-corrected chi connectivity index (χ3v) is 3.42. The van der Waals surface area contributed by atoms with Crippen LogP contribution in [-0.2, 0) is 17.9 Å². The molecule has 138 valence electrons. The summed E-state index contributed by atoms with van der Waals surface area (Å²) in [5, 5.41) is 9.08. The highest BCUT2D eigenvalue weighted by molar-refractivity contribution is 5.90. The number of nitrogens with zero attached hydrogens (tertiary/aromatic N) is 3. The van der Waals surface area contributed by atoms with Crippen LogP contribution >= 0.6 is 0 Å². The van der Waals surface area contributed by atoms with Crippen molar-refractivity contribution in [3.8, 4) is 5.75 Å². The minimum atomic E-state index is -0.482. The summed E-state index contributed by atoms with van der Waals surface area (Å²) < 4.78 is 10.6. The van der Waals surface area contributed by atoms with Gasteiger partial charge in [0.2, 0.25) is 11.7 Å². The molecule has 3 rings (SSSR count). The first-order valence-corrected chi connectivity index (χ1v) is 8.11. The number of aromatic nitrogens is 3. The van der Waals surface area contributed by atoms with E-state index in [1.165, 1.54) is 6.92 Å². The second-order valence-electron chi connectivity index (χ2n) is 5.52. The zero-order valence-corrected chi connectivity index (χ0v) is 14.5. The van der Waals surface area contributed by atoms with Crippen molar-refractivity contribution >= 4 is 17.5 Å². The second-order valence-corrected chi connectivity index (χ2v) is 5.52. The fourth-order valence-corrected chi connectivity index (χ4v) is 2.19. The molecule has 2 N–H and O–H groups in total. The summed E-state index contributed by atoms with van der Waals surface area (Å²) in [5.41, 5.74) is 1.43. The first-order valence-electron chi connectivity index (χ1n) is 8.11. The maximum absolute atomic E-state index is 12.1. The molecule has 0 radical (unpaired) electrons. The number of para-hydroxylation sites is 2. The lowest BCUT2D eigenvalue weighted by atomic mass is 10.3. The molecule has 9 nitrogen and oxygen atoms in total. The van der Waals surface area contributed by atoms with Crippen LogP contribution in [0, 0.1) is 0 Å². The van der Waals surface area contributed by atoms with E-state index in [-0.39, 0.29) is 24.2 Å². The lowest BCUT2D eigenvalue weighted by molar-refractivity contribution is -0.114. The first-order chi connectivity index (χ1) is 13.1. The van der Waals surface area contributed by atoms with Crippen LogP contribution in [-0.4, -0.2) is 26.9 Å². The van der Waals surface area contributed by atoms with Crippen LogP contribution in [0.3, 0.4) is 0 Å². The standard InChI is InChI=1S/C18H17N5O4/c1-12(24)21-14-4-2-3-5-15(14)26-11-16-22-18(27-23-16)17(25)20-10-13-6-8-19-9-7-13/h2-9H,10-11H2,1H3,(H,20,25)(H,21,24). The Morgan fingerprint density at radius 2 is 1.93 bits per heavy atom. The lowest BCUT2D eigenvalue weighted by Gasteiger charge is -2.09. The van der Waals surface area contributed by atoms with Crippen molar-refractivity contribution in [3.63, 3.8) is 0 Å². The molecule has 0 bridgehead atoms. The number of hydrogen-bond acceptors (Lipinski definition) is 7. The molecule has 3 aromatic rings. The Hall–Kier alpha value is -3.75. The number of carbonyl (C=O) groups is 2. The summed E-state index contributed by atoms with van der Waals surface area (Å²) >= 11 is 0. The van der Waals surface area contributed by atoms with E-state index in [4.69, 9.17) is 9.26 Å². The van der Waals surface area contributed by atoms with Crippen LogP contribution in [0.4, 0.5) is 5.69 Å². The average Bonchev–Trinajstić information content (AvgIpc) is 3.15. The summed E-state index contributed by atoms with van der Waals surface area (Å²) in [5.74, 6) is -0.177. The van der Waals surface area contributed by atoms with Gasteiger partial charge in [-0.25, -0.2) is 0 Å². The molecule has 0 spiro atoms. The largest absolute Gasteiger partial charge is 0.483 e. The molecule has 0 unspecified atom stereocenters. The number of pyridine rings is 1. The normalized spacial score (nSPS) is 10.3. The zero-order chi connectivity index (χ0) is 19.1. The first kappa shape index (κ1) is 18.1. The van der Waals surface area contributed by atoms with Crippen LogP contribution in [0.5, 0.6) is 5.75 Å². The summed E-state index contributed by atoms with van der Waals surface area (Å²) in [4.78, 5) is 31.2. The van der Waals surface area contributed by atoms with Crippen molar-refractivity contribution in [1.29, 1.82) is 0 Å². The quantitative estimate of drug-likeness (QED) is 0.655. The Morgan fingerprint density at radius 1 is 1.15 bits per heavy atom. The van der Waals surface area contributed by atoms with Crippen LogP contribution in [0.1, 0.15) is 29.0 Å². The van der Waals surface area contributed by atoms with Crippen molar-refractivity contribution in [1.82, 2.24) is 20.4 Å². The van der Waals surface area contributed by atoms with Crippen molar-refractivity contribution in [2.24, 2.45) is 0 Å². The second kappa shape index (κ2) is 8.56. The predicted octanol–water partition coefficient (Wildman–Crippen LogP) is 1.93. The molecule has 0 saturated carbocycles. The molecule has 0 saturated heterocycles. The fraction of sp³-hybridized carbons (Fsp3) is 0.167. The van der Waals surface area contributed by atoms with Crippen LogP contribution in [0.25, 0.3) is 0 Å². The molecule has 9 heteroatoms. The van der Waals surface area contributed by atoms with E-state index in [1.807, 2.05) is 0 Å². The van der Waals surface area contributed by atoms with Gasteiger partial charge in [0.1, 0.15) is 5.75 Å². The summed E-state index contributed by atoms with van der Waals surface area (Å²) in [6.45, 7) is 1.71. The van der Waals surface area contributed by atoms with E-state index >= 15 is 0 Å². The molecule has 0 aliphatic heterocycles. The van der Waals surface area contributed by atoms with Crippen LogP contribution < -0.4 is 15.4 Å². The molecule has 27 heavy (non-hydrogen) atoms. The van der Waals surface area contributed by atoms with Crippen LogP contribution in [0.2, 0.25) is 0 Å². The van der Waals surface area contributed by atoms with E-state index < -0.39 is 5.91 Å². The van der Waals surface area contributed by atoms with Gasteiger partial charge in [-0.2, -0.15) is 4.98 Å².